The lowest BCUT2D eigenvalue weighted by atomic mass is 9.94. The molecule has 1 saturated heterocycles. The summed E-state index contributed by atoms with van der Waals surface area (Å²) in [6.45, 7) is 3.47. The zero-order chi connectivity index (χ0) is 18.7. The Morgan fingerprint density at radius 1 is 0.769 bits per heavy atom. The van der Waals surface area contributed by atoms with Crippen LogP contribution < -0.4 is 0 Å². The first-order valence-electron chi connectivity index (χ1n) is 8.45. The van der Waals surface area contributed by atoms with Crippen LogP contribution in [0.4, 0.5) is 0 Å². The first-order chi connectivity index (χ1) is 12.5. The second kappa shape index (κ2) is 7.39. The summed E-state index contributed by atoms with van der Waals surface area (Å²) in [6, 6.07) is 13.7. The van der Waals surface area contributed by atoms with E-state index in [1.807, 2.05) is 0 Å². The molecule has 3 rings (SSSR count). The molecule has 1 aliphatic heterocycles. The topological polar surface area (TPSA) is 77.9 Å². The summed E-state index contributed by atoms with van der Waals surface area (Å²) in [5, 5.41) is 9.45. The Bertz CT molecular complexity index is 854. The van der Waals surface area contributed by atoms with Gasteiger partial charge in [-0.15, -0.1) is 0 Å². The first kappa shape index (κ1) is 17.7. The van der Waals surface area contributed by atoms with E-state index in [0.717, 1.165) is 0 Å². The van der Waals surface area contributed by atoms with Gasteiger partial charge in [0.2, 0.25) is 5.91 Å². The molecular formula is C20H20N2O4. The molecule has 6 nitrogen and oxygen atoms in total. The molecule has 0 atom stereocenters. The lowest BCUT2D eigenvalue weighted by Gasteiger charge is -2.34. The summed E-state index contributed by atoms with van der Waals surface area (Å²) in [7, 11) is 0. The van der Waals surface area contributed by atoms with Crippen molar-refractivity contribution in [3.05, 3.63) is 59.7 Å². The number of carbonyl (C=O) groups excluding carboxylic acids is 2. The van der Waals surface area contributed by atoms with Crippen molar-refractivity contribution in [3.8, 4) is 11.1 Å². The van der Waals surface area contributed by atoms with E-state index in [4.69, 9.17) is 0 Å². The Kier molecular flexibility index (Phi) is 5.02. The molecule has 1 N–H and O–H groups in total. The van der Waals surface area contributed by atoms with E-state index >= 15 is 0 Å². The SMILES string of the molecule is CC(=O)N1CCN(C(=O)c2ccccc2-c2ccccc2C(=O)O)CC1. The van der Waals surface area contributed by atoms with Gasteiger partial charge in [-0.25, -0.2) is 4.79 Å². The number of hydrogen-bond donors (Lipinski definition) is 1. The highest BCUT2D eigenvalue weighted by atomic mass is 16.4. The minimum Gasteiger partial charge on any atom is -0.478 e. The van der Waals surface area contributed by atoms with Crippen molar-refractivity contribution in [2.24, 2.45) is 0 Å². The van der Waals surface area contributed by atoms with Gasteiger partial charge in [-0.3, -0.25) is 9.59 Å². The zero-order valence-electron chi connectivity index (χ0n) is 14.5. The number of hydrogen-bond acceptors (Lipinski definition) is 3. The Morgan fingerprint density at radius 2 is 1.23 bits per heavy atom. The summed E-state index contributed by atoms with van der Waals surface area (Å²) in [6.07, 6.45) is 0. The van der Waals surface area contributed by atoms with E-state index < -0.39 is 5.97 Å². The van der Waals surface area contributed by atoms with Crippen molar-refractivity contribution in [1.82, 2.24) is 9.80 Å². The van der Waals surface area contributed by atoms with Gasteiger partial charge in [-0.05, 0) is 23.3 Å². The van der Waals surface area contributed by atoms with E-state index in [-0.39, 0.29) is 17.4 Å². The number of nitrogens with zero attached hydrogens (tertiary/aromatic N) is 2. The summed E-state index contributed by atoms with van der Waals surface area (Å²) in [5.74, 6) is -1.17. The van der Waals surface area contributed by atoms with Crippen LogP contribution in [-0.2, 0) is 4.79 Å². The number of carboxylic acids is 1. The zero-order valence-corrected chi connectivity index (χ0v) is 14.5. The number of carboxylic acid groups (broad SMARTS) is 1. The van der Waals surface area contributed by atoms with Gasteiger partial charge in [0.05, 0.1) is 5.56 Å². The largest absolute Gasteiger partial charge is 0.478 e. The number of piperazine rings is 1. The van der Waals surface area contributed by atoms with E-state index in [1.165, 1.54) is 13.0 Å². The van der Waals surface area contributed by atoms with Crippen molar-refractivity contribution >= 4 is 17.8 Å². The maximum atomic E-state index is 13.0. The summed E-state index contributed by atoms with van der Waals surface area (Å²) in [5.41, 5.74) is 1.75. The second-order valence-electron chi connectivity index (χ2n) is 6.19. The fourth-order valence-electron chi connectivity index (χ4n) is 3.20. The van der Waals surface area contributed by atoms with Crippen LogP contribution in [0.2, 0.25) is 0 Å². The van der Waals surface area contributed by atoms with Gasteiger partial charge < -0.3 is 14.9 Å². The van der Waals surface area contributed by atoms with Gasteiger partial charge in [0.25, 0.3) is 5.91 Å². The molecule has 26 heavy (non-hydrogen) atoms. The van der Waals surface area contributed by atoms with Crippen LogP contribution in [0, 0.1) is 0 Å². The lowest BCUT2D eigenvalue weighted by Crippen LogP contribution is -2.50. The Morgan fingerprint density at radius 3 is 1.77 bits per heavy atom. The van der Waals surface area contributed by atoms with Crippen LogP contribution in [0.1, 0.15) is 27.6 Å². The third-order valence-electron chi connectivity index (χ3n) is 4.62. The molecule has 134 valence electrons. The molecule has 1 heterocycles. The molecule has 0 bridgehead atoms. The van der Waals surface area contributed by atoms with E-state index in [2.05, 4.69) is 0 Å². The highest BCUT2D eigenvalue weighted by Gasteiger charge is 2.25. The molecule has 6 heteroatoms. The molecule has 2 amide bonds. The van der Waals surface area contributed by atoms with E-state index in [0.29, 0.717) is 42.9 Å². The van der Waals surface area contributed by atoms with Gasteiger partial charge in [0.1, 0.15) is 0 Å². The monoisotopic (exact) mass is 352 g/mol. The molecule has 0 radical (unpaired) electrons. The standard InChI is InChI=1S/C20H20N2O4/c1-14(23)21-10-12-22(13-11-21)19(24)17-8-4-2-6-15(17)16-7-3-5-9-18(16)20(25)26/h2-9H,10-13H2,1H3,(H,25,26). The average Bonchev–Trinajstić information content (AvgIpc) is 2.67. The Balaban J connectivity index is 1.92. The fraction of sp³-hybridized carbons (Fsp3) is 0.250. The van der Waals surface area contributed by atoms with Crippen LogP contribution in [0.3, 0.4) is 0 Å². The van der Waals surface area contributed by atoms with Crippen LogP contribution in [-0.4, -0.2) is 58.9 Å². The number of benzene rings is 2. The van der Waals surface area contributed by atoms with Crippen molar-refractivity contribution in [3.63, 3.8) is 0 Å². The van der Waals surface area contributed by atoms with Gasteiger partial charge in [0, 0.05) is 38.7 Å². The van der Waals surface area contributed by atoms with Crippen molar-refractivity contribution < 1.29 is 19.5 Å². The number of amides is 2. The summed E-state index contributed by atoms with van der Waals surface area (Å²) >= 11 is 0. The molecule has 0 aliphatic carbocycles. The smallest absolute Gasteiger partial charge is 0.336 e. The highest BCUT2D eigenvalue weighted by molar-refractivity contribution is 6.04. The normalized spacial score (nSPS) is 14.2. The molecule has 2 aromatic carbocycles. The second-order valence-corrected chi connectivity index (χ2v) is 6.19. The van der Waals surface area contributed by atoms with Crippen molar-refractivity contribution in [2.45, 2.75) is 6.92 Å². The average molecular weight is 352 g/mol. The molecule has 0 spiro atoms. The predicted molar refractivity (Wildman–Crippen MR) is 97.0 cm³/mol. The lowest BCUT2D eigenvalue weighted by molar-refractivity contribution is -0.130. The van der Waals surface area contributed by atoms with Crippen LogP contribution >= 0.6 is 0 Å². The van der Waals surface area contributed by atoms with E-state index in [9.17, 15) is 19.5 Å². The predicted octanol–water partition coefficient (Wildman–Crippen LogP) is 2.36. The summed E-state index contributed by atoms with van der Waals surface area (Å²) in [4.78, 5) is 39.5. The third-order valence-corrected chi connectivity index (χ3v) is 4.62. The minimum atomic E-state index is -1.03. The molecule has 0 unspecified atom stereocenters. The summed E-state index contributed by atoms with van der Waals surface area (Å²) < 4.78 is 0. The maximum Gasteiger partial charge on any atom is 0.336 e. The third kappa shape index (κ3) is 3.44. The van der Waals surface area contributed by atoms with Crippen LogP contribution in [0.25, 0.3) is 11.1 Å². The van der Waals surface area contributed by atoms with Gasteiger partial charge in [0.15, 0.2) is 0 Å². The number of rotatable bonds is 3. The number of aromatic carboxylic acids is 1. The molecule has 0 saturated carbocycles. The first-order valence-corrected chi connectivity index (χ1v) is 8.45. The maximum absolute atomic E-state index is 13.0. The van der Waals surface area contributed by atoms with Gasteiger partial charge in [-0.2, -0.15) is 0 Å². The van der Waals surface area contributed by atoms with Gasteiger partial charge in [-0.1, -0.05) is 36.4 Å². The molecule has 1 aliphatic rings. The van der Waals surface area contributed by atoms with Crippen LogP contribution in [0.15, 0.2) is 48.5 Å². The minimum absolute atomic E-state index is 0.00730. The van der Waals surface area contributed by atoms with E-state index in [1.54, 1.807) is 52.3 Å². The van der Waals surface area contributed by atoms with Crippen molar-refractivity contribution in [1.29, 1.82) is 0 Å². The number of carbonyl (C=O) groups is 3. The molecule has 1 fully saturated rings. The fourth-order valence-corrected chi connectivity index (χ4v) is 3.20. The van der Waals surface area contributed by atoms with Crippen molar-refractivity contribution in [2.75, 3.05) is 26.2 Å². The Labute approximate surface area is 151 Å². The molecule has 2 aromatic rings. The Hall–Kier alpha value is -3.15. The van der Waals surface area contributed by atoms with Crippen LogP contribution in [0.5, 0.6) is 0 Å². The quantitative estimate of drug-likeness (QED) is 0.920. The van der Waals surface area contributed by atoms with Gasteiger partial charge >= 0.3 is 5.97 Å². The highest BCUT2D eigenvalue weighted by Crippen LogP contribution is 2.28. The molecule has 0 aromatic heterocycles. The molecular weight excluding hydrogens is 332 g/mol.